The number of imidazole rings is 1. The molecule has 3 aromatic carbocycles. The Morgan fingerprint density at radius 2 is 1.86 bits per heavy atom. The second kappa shape index (κ2) is 11.2. The number of benzene rings is 3. The van der Waals surface area contributed by atoms with E-state index in [1.54, 1.807) is 0 Å². The average molecular weight is 576 g/mol. The third kappa shape index (κ3) is 5.13. The van der Waals surface area contributed by atoms with Gasteiger partial charge in [0.1, 0.15) is 5.82 Å². The molecule has 1 atom stereocenters. The molecule has 9 nitrogen and oxygen atoms in total. The summed E-state index contributed by atoms with van der Waals surface area (Å²) in [5.41, 5.74) is 7.45. The van der Waals surface area contributed by atoms with Crippen LogP contribution in [0.4, 0.5) is 10.5 Å². The van der Waals surface area contributed by atoms with Crippen LogP contribution in [0.25, 0.3) is 21.9 Å². The van der Waals surface area contributed by atoms with Gasteiger partial charge in [-0.05, 0) is 74.1 Å². The summed E-state index contributed by atoms with van der Waals surface area (Å²) in [5, 5.41) is 11.4. The van der Waals surface area contributed by atoms with Crippen molar-refractivity contribution in [2.24, 2.45) is 0 Å². The third-order valence-electron chi connectivity index (χ3n) is 9.19. The molecule has 0 spiro atoms. The Balaban J connectivity index is 1.11. The van der Waals surface area contributed by atoms with E-state index in [1.165, 1.54) is 5.56 Å². The summed E-state index contributed by atoms with van der Waals surface area (Å²) in [7, 11) is 0. The van der Waals surface area contributed by atoms with Gasteiger partial charge in [-0.2, -0.15) is 5.10 Å². The van der Waals surface area contributed by atoms with Gasteiger partial charge in [-0.1, -0.05) is 36.4 Å². The molecule has 7 rings (SSSR count). The second-order valence-electron chi connectivity index (χ2n) is 11.9. The van der Waals surface area contributed by atoms with Gasteiger partial charge in [0.25, 0.3) is 0 Å². The molecule has 0 bridgehead atoms. The molecular weight excluding hydrogens is 538 g/mol. The first kappa shape index (κ1) is 27.2. The van der Waals surface area contributed by atoms with Crippen LogP contribution in [0, 0.1) is 6.92 Å². The first-order chi connectivity index (χ1) is 21.0. The minimum absolute atomic E-state index is 0.0492. The van der Waals surface area contributed by atoms with Crippen LogP contribution in [-0.2, 0) is 24.3 Å². The van der Waals surface area contributed by atoms with Crippen LogP contribution in [0.2, 0.25) is 0 Å². The highest BCUT2D eigenvalue weighted by Gasteiger charge is 2.34. The summed E-state index contributed by atoms with van der Waals surface area (Å²) in [6, 6.07) is 20.6. The van der Waals surface area contributed by atoms with Crippen LogP contribution >= 0.6 is 0 Å². The largest absolute Gasteiger partial charge is 0.343 e. The van der Waals surface area contributed by atoms with Crippen molar-refractivity contribution < 1.29 is 9.59 Å². The highest BCUT2D eigenvalue weighted by molar-refractivity contribution is 5.92. The number of aromatic amines is 1. The van der Waals surface area contributed by atoms with Crippen LogP contribution in [0.15, 0.2) is 66.9 Å². The molecule has 0 saturated carbocycles. The molecule has 2 aromatic heterocycles. The molecule has 1 unspecified atom stereocenters. The lowest BCUT2D eigenvalue weighted by Crippen LogP contribution is -2.51. The quantitative estimate of drug-likeness (QED) is 0.249. The van der Waals surface area contributed by atoms with E-state index in [2.05, 4.69) is 58.2 Å². The molecule has 0 radical (unpaired) electrons. The predicted octanol–water partition coefficient (Wildman–Crippen LogP) is 6.00. The lowest BCUT2D eigenvalue weighted by atomic mass is 9.92. The number of nitrogens with zero attached hydrogens (tertiary/aromatic N) is 5. The molecule has 2 N–H and O–H groups in total. The van der Waals surface area contributed by atoms with Gasteiger partial charge in [0.15, 0.2) is 0 Å². The Bertz CT molecular complexity index is 1810. The number of carbonyl (C=O) groups excluding carboxylic acids is 2. The molecule has 3 amide bonds. The van der Waals surface area contributed by atoms with Crippen LogP contribution in [0.5, 0.6) is 0 Å². The number of aromatic nitrogens is 4. The summed E-state index contributed by atoms with van der Waals surface area (Å²) in [6.45, 7) is 6.91. The van der Waals surface area contributed by atoms with E-state index in [0.29, 0.717) is 32.5 Å². The van der Waals surface area contributed by atoms with Crippen molar-refractivity contribution >= 4 is 39.6 Å². The number of amides is 3. The Morgan fingerprint density at radius 3 is 2.70 bits per heavy atom. The molecule has 5 aromatic rings. The maximum absolute atomic E-state index is 13.9. The number of aryl methyl sites for hydroxylation is 2. The van der Waals surface area contributed by atoms with Gasteiger partial charge in [-0.15, -0.1) is 0 Å². The molecular formula is C34H37N7O2. The predicted molar refractivity (Wildman–Crippen MR) is 168 cm³/mol. The van der Waals surface area contributed by atoms with E-state index in [-0.39, 0.29) is 23.9 Å². The van der Waals surface area contributed by atoms with Crippen molar-refractivity contribution in [2.45, 2.75) is 64.6 Å². The van der Waals surface area contributed by atoms with E-state index in [1.807, 2.05) is 52.4 Å². The Kier molecular flexibility index (Phi) is 7.08. The highest BCUT2D eigenvalue weighted by Crippen LogP contribution is 2.32. The fourth-order valence-electron chi connectivity index (χ4n) is 6.99. The Morgan fingerprint density at radius 1 is 1.07 bits per heavy atom. The van der Waals surface area contributed by atoms with Crippen molar-refractivity contribution in [2.75, 3.05) is 18.4 Å². The van der Waals surface area contributed by atoms with Gasteiger partial charge in [0.05, 0.1) is 22.7 Å². The zero-order chi connectivity index (χ0) is 29.5. The van der Waals surface area contributed by atoms with Gasteiger partial charge in [0.2, 0.25) is 5.91 Å². The summed E-state index contributed by atoms with van der Waals surface area (Å²) in [6.07, 6.45) is 4.50. The second-order valence-corrected chi connectivity index (χ2v) is 11.9. The van der Waals surface area contributed by atoms with E-state index in [4.69, 9.17) is 4.98 Å². The Hall–Kier alpha value is -4.66. The normalized spacial score (nSPS) is 16.5. The SMILES string of the molecule is CCn1c(C(CC(=O)N2CCC(N3Cc4ccccc4NC3=O)CC2)Cc2cc(C)c3[nH]ncc3c2)nc2ccccc21. The molecule has 43 heavy (non-hydrogen) atoms. The van der Waals surface area contributed by atoms with Crippen LogP contribution < -0.4 is 5.32 Å². The summed E-state index contributed by atoms with van der Waals surface area (Å²) in [4.78, 5) is 35.8. The van der Waals surface area contributed by atoms with Crippen LogP contribution in [0.3, 0.4) is 0 Å². The van der Waals surface area contributed by atoms with E-state index in [0.717, 1.165) is 64.0 Å². The Labute approximate surface area is 250 Å². The van der Waals surface area contributed by atoms with Gasteiger partial charge in [-0.25, -0.2) is 9.78 Å². The number of hydrogen-bond donors (Lipinski definition) is 2. The minimum atomic E-state index is -0.0781. The van der Waals surface area contributed by atoms with Crippen molar-refractivity contribution in [1.82, 2.24) is 29.5 Å². The monoisotopic (exact) mass is 575 g/mol. The number of para-hydroxylation sites is 3. The fourth-order valence-corrected chi connectivity index (χ4v) is 6.99. The van der Waals surface area contributed by atoms with Gasteiger partial charge < -0.3 is 19.7 Å². The number of fused-ring (bicyclic) bond motifs is 3. The lowest BCUT2D eigenvalue weighted by molar-refractivity contribution is -0.133. The molecule has 1 fully saturated rings. The number of piperidine rings is 1. The summed E-state index contributed by atoms with van der Waals surface area (Å²) in [5.74, 6) is 1.03. The number of anilines is 1. The number of urea groups is 1. The van der Waals surface area contributed by atoms with Crippen LogP contribution in [0.1, 0.15) is 54.6 Å². The van der Waals surface area contributed by atoms with Crippen LogP contribution in [-0.4, -0.2) is 60.6 Å². The molecule has 9 heteroatoms. The first-order valence-corrected chi connectivity index (χ1v) is 15.3. The first-order valence-electron chi connectivity index (χ1n) is 15.3. The standard InChI is InChI=1S/C34H37N7O2/c1-3-40-30-11-7-6-10-29(30)36-33(40)25(17-23-16-22(2)32-26(18-23)20-35-38-32)19-31(42)39-14-12-27(13-15-39)41-21-24-8-4-5-9-28(24)37-34(41)43/h4-11,16,18,20,25,27H,3,12-15,17,19,21H2,1-2H3,(H,35,38)(H,37,43). The zero-order valence-corrected chi connectivity index (χ0v) is 24.7. The smallest absolute Gasteiger partial charge is 0.322 e. The number of hydrogen-bond acceptors (Lipinski definition) is 4. The lowest BCUT2D eigenvalue weighted by Gasteiger charge is -2.40. The molecule has 1 saturated heterocycles. The maximum Gasteiger partial charge on any atom is 0.322 e. The molecule has 220 valence electrons. The summed E-state index contributed by atoms with van der Waals surface area (Å²) >= 11 is 0. The number of likely N-dealkylation sites (tertiary alicyclic amines) is 1. The molecule has 2 aliphatic rings. The zero-order valence-electron chi connectivity index (χ0n) is 24.7. The third-order valence-corrected chi connectivity index (χ3v) is 9.19. The number of rotatable bonds is 7. The summed E-state index contributed by atoms with van der Waals surface area (Å²) < 4.78 is 2.26. The average Bonchev–Trinajstić information content (AvgIpc) is 3.65. The molecule has 4 heterocycles. The van der Waals surface area contributed by atoms with Crippen molar-refractivity contribution in [3.8, 4) is 0 Å². The van der Waals surface area contributed by atoms with Crippen molar-refractivity contribution in [3.63, 3.8) is 0 Å². The van der Waals surface area contributed by atoms with Gasteiger partial charge >= 0.3 is 6.03 Å². The molecule has 0 aliphatic carbocycles. The van der Waals surface area contributed by atoms with Crippen molar-refractivity contribution in [1.29, 1.82) is 0 Å². The van der Waals surface area contributed by atoms with E-state index in [9.17, 15) is 9.59 Å². The molecule has 2 aliphatic heterocycles. The number of H-pyrrole nitrogens is 1. The van der Waals surface area contributed by atoms with Crippen molar-refractivity contribution in [3.05, 3.63) is 89.4 Å². The minimum Gasteiger partial charge on any atom is -0.343 e. The van der Waals surface area contributed by atoms with Gasteiger partial charge in [-0.3, -0.25) is 9.89 Å². The maximum atomic E-state index is 13.9. The number of nitrogens with one attached hydrogen (secondary N) is 2. The van der Waals surface area contributed by atoms with E-state index >= 15 is 0 Å². The number of carbonyl (C=O) groups is 2. The van der Waals surface area contributed by atoms with Gasteiger partial charge in [0, 0.05) is 55.6 Å². The van der Waals surface area contributed by atoms with E-state index < -0.39 is 0 Å². The highest BCUT2D eigenvalue weighted by atomic mass is 16.2. The fraction of sp³-hybridized carbons (Fsp3) is 0.353. The topological polar surface area (TPSA) is 99.2 Å².